The van der Waals surface area contributed by atoms with Gasteiger partial charge in [0.15, 0.2) is 11.5 Å². The van der Waals surface area contributed by atoms with Gasteiger partial charge in [0.05, 0.1) is 18.6 Å². The zero-order valence-corrected chi connectivity index (χ0v) is 11.7. The summed E-state index contributed by atoms with van der Waals surface area (Å²) >= 11 is 0. The predicted octanol–water partition coefficient (Wildman–Crippen LogP) is 2.81. The molecular weight excluding hydrogens is 244 g/mol. The molecule has 0 saturated carbocycles. The van der Waals surface area contributed by atoms with E-state index in [0.29, 0.717) is 19.6 Å². The lowest BCUT2D eigenvalue weighted by atomic mass is 9.85. The molecule has 19 heavy (non-hydrogen) atoms. The standard InChI is InChI=1S/C15H20O4/c1-10-7-11(9-15(2,3)14(16)17)8-12-13(10)19-6-4-5-18-12/h7-8H,4-6,9H2,1-3H3,(H,16,17). The summed E-state index contributed by atoms with van der Waals surface area (Å²) in [6.45, 7) is 6.72. The fourth-order valence-electron chi connectivity index (χ4n) is 2.21. The van der Waals surface area contributed by atoms with Gasteiger partial charge in [-0.2, -0.15) is 0 Å². The van der Waals surface area contributed by atoms with E-state index >= 15 is 0 Å². The molecule has 1 heterocycles. The molecule has 0 aromatic heterocycles. The van der Waals surface area contributed by atoms with Gasteiger partial charge in [-0.25, -0.2) is 0 Å². The highest BCUT2D eigenvalue weighted by Gasteiger charge is 2.28. The fraction of sp³-hybridized carbons (Fsp3) is 0.533. The average Bonchev–Trinajstić information content (AvgIpc) is 2.53. The number of fused-ring (bicyclic) bond motifs is 1. The first-order valence-electron chi connectivity index (χ1n) is 6.53. The Morgan fingerprint density at radius 1 is 1.32 bits per heavy atom. The van der Waals surface area contributed by atoms with Crippen molar-refractivity contribution in [2.24, 2.45) is 5.41 Å². The number of hydrogen-bond donors (Lipinski definition) is 1. The number of hydrogen-bond acceptors (Lipinski definition) is 3. The average molecular weight is 264 g/mol. The van der Waals surface area contributed by atoms with Crippen molar-refractivity contribution in [2.75, 3.05) is 13.2 Å². The number of carboxylic acid groups (broad SMARTS) is 1. The minimum Gasteiger partial charge on any atom is -0.490 e. The second-order valence-electron chi connectivity index (χ2n) is 5.66. The Balaban J connectivity index is 2.31. The topological polar surface area (TPSA) is 55.8 Å². The lowest BCUT2D eigenvalue weighted by molar-refractivity contribution is -0.146. The molecule has 104 valence electrons. The van der Waals surface area contributed by atoms with Crippen molar-refractivity contribution >= 4 is 5.97 Å². The van der Waals surface area contributed by atoms with Crippen LogP contribution in [0.4, 0.5) is 0 Å². The molecule has 0 aliphatic carbocycles. The Bertz CT molecular complexity index is 491. The van der Waals surface area contributed by atoms with Crippen molar-refractivity contribution in [3.05, 3.63) is 23.3 Å². The molecule has 4 nitrogen and oxygen atoms in total. The number of aryl methyl sites for hydroxylation is 1. The number of ether oxygens (including phenoxy) is 2. The zero-order valence-electron chi connectivity index (χ0n) is 11.7. The van der Waals surface area contributed by atoms with E-state index in [1.54, 1.807) is 13.8 Å². The summed E-state index contributed by atoms with van der Waals surface area (Å²) in [4.78, 5) is 11.2. The van der Waals surface area contributed by atoms with Gasteiger partial charge >= 0.3 is 5.97 Å². The maximum Gasteiger partial charge on any atom is 0.309 e. The molecule has 0 fully saturated rings. The van der Waals surface area contributed by atoms with Gasteiger partial charge in [0.1, 0.15) is 0 Å². The maximum absolute atomic E-state index is 11.2. The fourth-order valence-corrected chi connectivity index (χ4v) is 2.21. The molecule has 0 saturated heterocycles. The van der Waals surface area contributed by atoms with Crippen LogP contribution in [-0.2, 0) is 11.2 Å². The monoisotopic (exact) mass is 264 g/mol. The van der Waals surface area contributed by atoms with Crippen molar-refractivity contribution in [2.45, 2.75) is 33.6 Å². The van der Waals surface area contributed by atoms with Crippen LogP contribution in [-0.4, -0.2) is 24.3 Å². The van der Waals surface area contributed by atoms with Crippen molar-refractivity contribution in [1.29, 1.82) is 0 Å². The van der Waals surface area contributed by atoms with E-state index in [2.05, 4.69) is 0 Å². The molecule has 1 aromatic rings. The van der Waals surface area contributed by atoms with Gasteiger partial charge in [0.2, 0.25) is 0 Å². The quantitative estimate of drug-likeness (QED) is 0.912. The molecule has 4 heteroatoms. The largest absolute Gasteiger partial charge is 0.490 e. The highest BCUT2D eigenvalue weighted by atomic mass is 16.5. The highest BCUT2D eigenvalue weighted by molar-refractivity contribution is 5.74. The summed E-state index contributed by atoms with van der Waals surface area (Å²) in [5.41, 5.74) is 1.18. The van der Waals surface area contributed by atoms with Gasteiger partial charge in [-0.1, -0.05) is 6.07 Å². The van der Waals surface area contributed by atoms with Gasteiger partial charge in [-0.15, -0.1) is 0 Å². The Morgan fingerprint density at radius 3 is 2.68 bits per heavy atom. The summed E-state index contributed by atoms with van der Waals surface area (Å²) in [5.74, 6) is 0.723. The number of benzene rings is 1. The van der Waals surface area contributed by atoms with Crippen LogP contribution in [0.5, 0.6) is 11.5 Å². The third-order valence-electron chi connectivity index (χ3n) is 3.32. The molecule has 0 spiro atoms. The number of rotatable bonds is 3. The number of carbonyl (C=O) groups is 1. The summed E-state index contributed by atoms with van der Waals surface area (Å²) in [7, 11) is 0. The SMILES string of the molecule is Cc1cc(CC(C)(C)C(=O)O)cc2c1OCCCO2. The highest BCUT2D eigenvalue weighted by Crippen LogP contribution is 2.36. The summed E-state index contributed by atoms with van der Waals surface area (Å²) < 4.78 is 11.3. The van der Waals surface area contributed by atoms with Crippen LogP contribution in [0.25, 0.3) is 0 Å². The Kier molecular flexibility index (Phi) is 3.69. The van der Waals surface area contributed by atoms with E-state index in [9.17, 15) is 9.90 Å². The van der Waals surface area contributed by atoms with Crippen LogP contribution in [0.1, 0.15) is 31.4 Å². The summed E-state index contributed by atoms with van der Waals surface area (Å²) in [5, 5.41) is 9.20. The summed E-state index contributed by atoms with van der Waals surface area (Å²) in [6, 6.07) is 3.89. The van der Waals surface area contributed by atoms with Gasteiger partial charge in [0, 0.05) is 6.42 Å². The molecule has 0 bridgehead atoms. The molecule has 0 radical (unpaired) electrons. The van der Waals surface area contributed by atoms with E-state index in [0.717, 1.165) is 29.0 Å². The molecule has 1 N–H and O–H groups in total. The maximum atomic E-state index is 11.2. The Labute approximate surface area is 113 Å². The van der Waals surface area contributed by atoms with Crippen molar-refractivity contribution < 1.29 is 19.4 Å². The molecule has 0 amide bonds. The molecule has 1 aliphatic heterocycles. The Morgan fingerprint density at radius 2 is 2.00 bits per heavy atom. The van der Waals surface area contributed by atoms with E-state index < -0.39 is 11.4 Å². The molecule has 2 rings (SSSR count). The smallest absolute Gasteiger partial charge is 0.309 e. The van der Waals surface area contributed by atoms with Gasteiger partial charge in [-0.3, -0.25) is 4.79 Å². The number of aliphatic carboxylic acids is 1. The second kappa shape index (κ2) is 5.11. The first-order valence-corrected chi connectivity index (χ1v) is 6.53. The Hall–Kier alpha value is -1.71. The van der Waals surface area contributed by atoms with E-state index in [1.165, 1.54) is 0 Å². The van der Waals surface area contributed by atoms with Gasteiger partial charge < -0.3 is 14.6 Å². The second-order valence-corrected chi connectivity index (χ2v) is 5.66. The molecule has 0 atom stereocenters. The molecule has 1 aromatic carbocycles. The van der Waals surface area contributed by atoms with Crippen LogP contribution in [0.15, 0.2) is 12.1 Å². The van der Waals surface area contributed by atoms with E-state index in [-0.39, 0.29) is 0 Å². The van der Waals surface area contributed by atoms with Gasteiger partial charge in [-0.05, 0) is 44.4 Å². The van der Waals surface area contributed by atoms with Crippen molar-refractivity contribution in [1.82, 2.24) is 0 Å². The van der Waals surface area contributed by atoms with Crippen LogP contribution >= 0.6 is 0 Å². The normalized spacial score (nSPS) is 14.9. The molecule has 1 aliphatic rings. The number of carboxylic acids is 1. The van der Waals surface area contributed by atoms with Crippen molar-refractivity contribution in [3.8, 4) is 11.5 Å². The minimum absolute atomic E-state index is 0.472. The molecular formula is C15H20O4. The van der Waals surface area contributed by atoms with E-state index in [1.807, 2.05) is 19.1 Å². The molecule has 0 unspecified atom stereocenters. The third-order valence-corrected chi connectivity index (χ3v) is 3.32. The lowest BCUT2D eigenvalue weighted by Crippen LogP contribution is -2.26. The van der Waals surface area contributed by atoms with Crippen LogP contribution < -0.4 is 9.47 Å². The third kappa shape index (κ3) is 3.00. The van der Waals surface area contributed by atoms with Crippen LogP contribution in [0, 0.1) is 12.3 Å². The minimum atomic E-state index is -0.794. The van der Waals surface area contributed by atoms with Crippen molar-refractivity contribution in [3.63, 3.8) is 0 Å². The van der Waals surface area contributed by atoms with Crippen LogP contribution in [0.2, 0.25) is 0 Å². The first kappa shape index (κ1) is 13.7. The predicted molar refractivity (Wildman–Crippen MR) is 71.9 cm³/mol. The van der Waals surface area contributed by atoms with Gasteiger partial charge in [0.25, 0.3) is 0 Å². The zero-order chi connectivity index (χ0) is 14.0. The first-order chi connectivity index (χ1) is 8.90. The lowest BCUT2D eigenvalue weighted by Gasteiger charge is -2.20. The van der Waals surface area contributed by atoms with Crippen LogP contribution in [0.3, 0.4) is 0 Å². The van der Waals surface area contributed by atoms with E-state index in [4.69, 9.17) is 9.47 Å². The summed E-state index contributed by atoms with van der Waals surface area (Å²) in [6.07, 6.45) is 1.34.